The zero-order valence-electron chi connectivity index (χ0n) is 10.7. The van der Waals surface area contributed by atoms with Gasteiger partial charge in [-0.15, -0.1) is 11.3 Å². The van der Waals surface area contributed by atoms with Crippen molar-refractivity contribution in [3.05, 3.63) is 20.8 Å². The van der Waals surface area contributed by atoms with Crippen LogP contribution in [-0.4, -0.2) is 25.0 Å². The largest absolute Gasteiger partial charge is 0.348 e. The summed E-state index contributed by atoms with van der Waals surface area (Å²) in [5.41, 5.74) is 1.38. The van der Waals surface area contributed by atoms with Crippen molar-refractivity contribution in [1.82, 2.24) is 5.32 Å². The van der Waals surface area contributed by atoms with Gasteiger partial charge in [-0.1, -0.05) is 11.6 Å². The first-order valence-corrected chi connectivity index (χ1v) is 7.56. The number of ether oxygens (including phenoxy) is 2. The summed E-state index contributed by atoms with van der Waals surface area (Å²) >= 11 is 7.76. The molecule has 0 saturated carbocycles. The highest BCUT2D eigenvalue weighted by Crippen LogP contribution is 2.39. The van der Waals surface area contributed by atoms with Gasteiger partial charge in [-0.25, -0.2) is 0 Å². The first kappa shape index (κ1) is 12.9. The standard InChI is InChI=1S/C13H18ClNO2S/c1-13(2)16-7-8(17-13)6-15-10-3-4-11-9(10)5-12(14)18-11/h5,8,10,15H,3-4,6-7H2,1-2H3. The lowest BCUT2D eigenvalue weighted by molar-refractivity contribution is -0.137. The number of hydrogen-bond acceptors (Lipinski definition) is 4. The van der Waals surface area contributed by atoms with Crippen LogP contribution in [0.2, 0.25) is 4.34 Å². The summed E-state index contributed by atoms with van der Waals surface area (Å²) < 4.78 is 12.3. The summed E-state index contributed by atoms with van der Waals surface area (Å²) in [4.78, 5) is 1.43. The zero-order chi connectivity index (χ0) is 12.8. The fourth-order valence-corrected chi connectivity index (χ4v) is 4.04. The molecule has 18 heavy (non-hydrogen) atoms. The number of thiophene rings is 1. The van der Waals surface area contributed by atoms with Crippen molar-refractivity contribution in [3.63, 3.8) is 0 Å². The Morgan fingerprint density at radius 3 is 3.11 bits per heavy atom. The van der Waals surface area contributed by atoms with Crippen LogP contribution in [0, 0.1) is 0 Å². The summed E-state index contributed by atoms with van der Waals surface area (Å²) in [6, 6.07) is 2.53. The lowest BCUT2D eigenvalue weighted by Gasteiger charge is -2.19. The highest BCUT2D eigenvalue weighted by molar-refractivity contribution is 7.16. The summed E-state index contributed by atoms with van der Waals surface area (Å²) in [7, 11) is 0. The summed E-state index contributed by atoms with van der Waals surface area (Å²) in [5, 5.41) is 3.57. The Labute approximate surface area is 116 Å². The van der Waals surface area contributed by atoms with Gasteiger partial charge in [0, 0.05) is 17.5 Å². The molecule has 0 spiro atoms. The third-order valence-electron chi connectivity index (χ3n) is 3.51. The molecule has 2 atom stereocenters. The summed E-state index contributed by atoms with van der Waals surface area (Å²) in [6.45, 7) is 5.42. The van der Waals surface area contributed by atoms with Crippen molar-refractivity contribution >= 4 is 22.9 Å². The molecule has 0 amide bonds. The molecule has 2 heterocycles. The van der Waals surface area contributed by atoms with Crippen molar-refractivity contribution in [2.45, 2.75) is 44.6 Å². The molecule has 3 rings (SSSR count). The molecule has 1 aliphatic carbocycles. The van der Waals surface area contributed by atoms with Gasteiger partial charge in [0.05, 0.1) is 17.0 Å². The molecule has 1 aromatic rings. The van der Waals surface area contributed by atoms with E-state index in [0.717, 1.165) is 23.7 Å². The first-order chi connectivity index (χ1) is 8.53. The lowest BCUT2D eigenvalue weighted by Crippen LogP contribution is -2.32. The molecule has 1 aromatic heterocycles. The van der Waals surface area contributed by atoms with E-state index in [0.29, 0.717) is 12.6 Å². The van der Waals surface area contributed by atoms with Crippen LogP contribution < -0.4 is 5.32 Å². The van der Waals surface area contributed by atoms with Gasteiger partial charge in [0.25, 0.3) is 0 Å². The number of aryl methyl sites for hydroxylation is 1. The maximum Gasteiger partial charge on any atom is 0.163 e. The number of rotatable bonds is 3. The quantitative estimate of drug-likeness (QED) is 0.926. The monoisotopic (exact) mass is 287 g/mol. The fourth-order valence-electron chi connectivity index (χ4n) is 2.68. The van der Waals surface area contributed by atoms with E-state index in [9.17, 15) is 0 Å². The van der Waals surface area contributed by atoms with Crippen molar-refractivity contribution in [2.75, 3.05) is 13.2 Å². The summed E-state index contributed by atoms with van der Waals surface area (Å²) in [5.74, 6) is -0.432. The second-order valence-corrected chi connectivity index (χ2v) is 7.15. The molecule has 0 bridgehead atoms. The van der Waals surface area contributed by atoms with Crippen LogP contribution in [0.3, 0.4) is 0 Å². The third-order valence-corrected chi connectivity index (χ3v) is 4.85. The van der Waals surface area contributed by atoms with E-state index >= 15 is 0 Å². The van der Waals surface area contributed by atoms with Gasteiger partial charge in [0.15, 0.2) is 5.79 Å². The Hall–Kier alpha value is -0.130. The first-order valence-electron chi connectivity index (χ1n) is 6.37. The van der Waals surface area contributed by atoms with Crippen LogP contribution in [-0.2, 0) is 15.9 Å². The molecule has 1 saturated heterocycles. The Bertz CT molecular complexity index is 446. The van der Waals surface area contributed by atoms with Gasteiger partial charge in [0.1, 0.15) is 0 Å². The summed E-state index contributed by atoms with van der Waals surface area (Å²) in [6.07, 6.45) is 2.45. The second-order valence-electron chi connectivity index (χ2n) is 5.38. The van der Waals surface area contributed by atoms with Gasteiger partial charge in [-0.2, -0.15) is 0 Å². The van der Waals surface area contributed by atoms with Crippen LogP contribution in [0.15, 0.2) is 6.07 Å². The third kappa shape index (κ3) is 2.58. The number of halogens is 1. The highest BCUT2D eigenvalue weighted by Gasteiger charge is 2.33. The van der Waals surface area contributed by atoms with Gasteiger partial charge in [-0.05, 0) is 38.3 Å². The second kappa shape index (κ2) is 4.76. The van der Waals surface area contributed by atoms with Crippen LogP contribution >= 0.6 is 22.9 Å². The molecule has 1 fully saturated rings. The fraction of sp³-hybridized carbons (Fsp3) is 0.692. The molecule has 2 aliphatic rings. The van der Waals surface area contributed by atoms with Gasteiger partial charge >= 0.3 is 0 Å². The molecule has 1 N–H and O–H groups in total. The van der Waals surface area contributed by atoms with Crippen molar-refractivity contribution < 1.29 is 9.47 Å². The average Bonchev–Trinajstić information content (AvgIpc) is 2.90. The SMILES string of the molecule is CC1(C)OCC(CNC2CCc3sc(Cl)cc32)O1. The van der Waals surface area contributed by atoms with E-state index in [1.165, 1.54) is 10.4 Å². The highest BCUT2D eigenvalue weighted by atomic mass is 35.5. The smallest absolute Gasteiger partial charge is 0.163 e. The minimum Gasteiger partial charge on any atom is -0.348 e. The van der Waals surface area contributed by atoms with E-state index in [1.54, 1.807) is 11.3 Å². The Balaban J connectivity index is 1.56. The molecule has 5 heteroatoms. The molecule has 0 aromatic carbocycles. The van der Waals surface area contributed by atoms with Crippen LogP contribution in [0.4, 0.5) is 0 Å². The maximum atomic E-state index is 6.05. The van der Waals surface area contributed by atoms with Crippen LogP contribution in [0.1, 0.15) is 36.8 Å². The molecular weight excluding hydrogens is 270 g/mol. The van der Waals surface area contributed by atoms with E-state index in [-0.39, 0.29) is 6.10 Å². The maximum absolute atomic E-state index is 6.05. The van der Waals surface area contributed by atoms with Crippen molar-refractivity contribution in [1.29, 1.82) is 0 Å². The van der Waals surface area contributed by atoms with Gasteiger partial charge in [-0.3, -0.25) is 0 Å². The van der Waals surface area contributed by atoms with E-state index in [1.807, 2.05) is 13.8 Å². The van der Waals surface area contributed by atoms with Crippen molar-refractivity contribution in [3.8, 4) is 0 Å². The number of hydrogen-bond donors (Lipinski definition) is 1. The predicted molar refractivity (Wildman–Crippen MR) is 73.3 cm³/mol. The molecule has 1 aliphatic heterocycles. The van der Waals surface area contributed by atoms with Crippen LogP contribution in [0.5, 0.6) is 0 Å². The molecule has 3 nitrogen and oxygen atoms in total. The number of nitrogens with one attached hydrogen (secondary N) is 1. The zero-order valence-corrected chi connectivity index (χ0v) is 12.2. The van der Waals surface area contributed by atoms with E-state index in [4.69, 9.17) is 21.1 Å². The number of fused-ring (bicyclic) bond motifs is 1. The van der Waals surface area contributed by atoms with Gasteiger partial charge < -0.3 is 14.8 Å². The minimum absolute atomic E-state index is 0.151. The van der Waals surface area contributed by atoms with Gasteiger partial charge in [0.2, 0.25) is 0 Å². The van der Waals surface area contributed by atoms with E-state index in [2.05, 4.69) is 11.4 Å². The van der Waals surface area contributed by atoms with E-state index < -0.39 is 5.79 Å². The predicted octanol–water partition coefficient (Wildman–Crippen LogP) is 3.13. The Morgan fingerprint density at radius 1 is 1.56 bits per heavy atom. The van der Waals surface area contributed by atoms with Crippen molar-refractivity contribution in [2.24, 2.45) is 0 Å². The molecule has 2 unspecified atom stereocenters. The Kier molecular flexibility index (Phi) is 3.41. The normalized spacial score (nSPS) is 29.7. The topological polar surface area (TPSA) is 30.5 Å². The molecule has 100 valence electrons. The molecule has 0 radical (unpaired) electrons. The minimum atomic E-state index is -0.432. The Morgan fingerprint density at radius 2 is 2.39 bits per heavy atom. The van der Waals surface area contributed by atoms with Crippen LogP contribution in [0.25, 0.3) is 0 Å². The lowest BCUT2D eigenvalue weighted by atomic mass is 10.1. The average molecular weight is 288 g/mol. The molecular formula is C13H18ClNO2S.